The van der Waals surface area contributed by atoms with Crippen LogP contribution in [0.5, 0.6) is 5.75 Å². The van der Waals surface area contributed by atoms with Gasteiger partial charge in [0.1, 0.15) is 11.5 Å². The van der Waals surface area contributed by atoms with Crippen LogP contribution in [0.15, 0.2) is 83.2 Å². The first kappa shape index (κ1) is 22.7. The monoisotopic (exact) mass is 454 g/mol. The highest BCUT2D eigenvalue weighted by atomic mass is 16.5. The van der Waals surface area contributed by atoms with Gasteiger partial charge in [0.2, 0.25) is 0 Å². The first-order valence-corrected chi connectivity index (χ1v) is 12.2. The number of methoxy groups -OCH3 is 1. The molecule has 1 fully saturated rings. The minimum Gasteiger partial charge on any atom is -0.496 e. The van der Waals surface area contributed by atoms with E-state index in [9.17, 15) is 0 Å². The van der Waals surface area contributed by atoms with Crippen molar-refractivity contribution in [2.75, 3.05) is 13.7 Å². The van der Waals surface area contributed by atoms with Gasteiger partial charge in [0, 0.05) is 27.5 Å². The number of hydrogen-bond acceptors (Lipinski definition) is 3. The van der Waals surface area contributed by atoms with E-state index in [0.29, 0.717) is 12.2 Å². The normalized spacial score (nSPS) is 32.1. The molecule has 0 aromatic heterocycles. The van der Waals surface area contributed by atoms with Gasteiger partial charge >= 0.3 is 0 Å². The zero-order valence-corrected chi connectivity index (χ0v) is 21.3. The molecule has 0 N–H and O–H groups in total. The molecule has 4 atom stereocenters. The molecule has 1 saturated carbocycles. The van der Waals surface area contributed by atoms with Gasteiger partial charge in [-0.1, -0.05) is 80.4 Å². The third kappa shape index (κ3) is 2.35. The highest BCUT2D eigenvalue weighted by molar-refractivity contribution is 6.29. The highest BCUT2D eigenvalue weighted by Gasteiger charge is 2.77. The Hall–Kier alpha value is -3.07. The zero-order valence-electron chi connectivity index (χ0n) is 21.3. The van der Waals surface area contributed by atoms with Crippen molar-refractivity contribution in [2.45, 2.75) is 47.0 Å². The number of para-hydroxylation sites is 1. The van der Waals surface area contributed by atoms with E-state index in [0.717, 1.165) is 28.2 Å². The molecule has 34 heavy (non-hydrogen) atoms. The van der Waals surface area contributed by atoms with Crippen molar-refractivity contribution in [3.05, 3.63) is 94.3 Å². The standard InChI is InChI=1S/C31H34O3/c1-8-34-26-18-23(22-14-10-9-11-15-22)28(32)31(24-16-12-13-17-25(24)33-7)27(26)29(5)19(2)20(3)30(31,6)21(29)4/h9-18,21H,8H2,1-7H3/t21?,29-,30+,31-/m1/s1. The first-order chi connectivity index (χ1) is 16.2. The molecule has 2 bridgehead atoms. The van der Waals surface area contributed by atoms with E-state index in [1.54, 1.807) is 7.11 Å². The lowest BCUT2D eigenvalue weighted by Gasteiger charge is -2.50. The van der Waals surface area contributed by atoms with E-state index in [1.165, 1.54) is 11.1 Å². The van der Waals surface area contributed by atoms with E-state index in [4.69, 9.17) is 9.47 Å². The van der Waals surface area contributed by atoms with Crippen LogP contribution < -0.4 is 4.74 Å². The van der Waals surface area contributed by atoms with Gasteiger partial charge in [0.05, 0.1) is 19.1 Å². The van der Waals surface area contributed by atoms with Crippen molar-refractivity contribution in [3.8, 4) is 5.75 Å². The molecule has 176 valence electrons. The second-order valence-electron chi connectivity index (χ2n) is 10.3. The number of ether oxygens (including phenoxy) is 2. The summed E-state index contributed by atoms with van der Waals surface area (Å²) in [4.78, 5) is 15.0. The average molecular weight is 455 g/mol. The molecule has 3 aliphatic rings. The Morgan fingerprint density at radius 1 is 0.941 bits per heavy atom. The predicted molar refractivity (Wildman–Crippen MR) is 137 cm³/mol. The largest absolute Gasteiger partial charge is 0.496 e. The minimum absolute atomic E-state index is 0.131. The van der Waals surface area contributed by atoms with Crippen LogP contribution in [0, 0.1) is 16.7 Å². The summed E-state index contributed by atoms with van der Waals surface area (Å²) in [5.74, 6) is 1.92. The molecule has 3 heteroatoms. The van der Waals surface area contributed by atoms with Gasteiger partial charge in [0.25, 0.3) is 0 Å². The molecular weight excluding hydrogens is 420 g/mol. The molecular formula is C31H34O3. The lowest BCUT2D eigenvalue weighted by atomic mass is 9.50. The van der Waals surface area contributed by atoms with Gasteiger partial charge < -0.3 is 9.47 Å². The van der Waals surface area contributed by atoms with Crippen molar-refractivity contribution >= 4 is 11.4 Å². The molecule has 3 aliphatic carbocycles. The highest BCUT2D eigenvalue weighted by Crippen LogP contribution is 2.79. The molecule has 2 aromatic rings. The fraction of sp³-hybridized carbons (Fsp3) is 0.387. The summed E-state index contributed by atoms with van der Waals surface area (Å²) in [5.41, 5.74) is 4.66. The molecule has 3 nitrogen and oxygen atoms in total. The van der Waals surface area contributed by atoms with Crippen molar-refractivity contribution < 1.29 is 14.3 Å². The summed E-state index contributed by atoms with van der Waals surface area (Å²) in [5, 5.41) is 0. The summed E-state index contributed by atoms with van der Waals surface area (Å²) >= 11 is 0. The van der Waals surface area contributed by atoms with Crippen molar-refractivity contribution in [1.29, 1.82) is 0 Å². The van der Waals surface area contributed by atoms with E-state index < -0.39 is 10.8 Å². The molecule has 0 radical (unpaired) electrons. The van der Waals surface area contributed by atoms with Crippen molar-refractivity contribution in [2.24, 2.45) is 16.7 Å². The van der Waals surface area contributed by atoms with Crippen LogP contribution in [0.2, 0.25) is 0 Å². The van der Waals surface area contributed by atoms with Crippen molar-refractivity contribution in [3.63, 3.8) is 0 Å². The number of allylic oxidation sites excluding steroid dienone is 5. The third-order valence-corrected chi connectivity index (χ3v) is 9.53. The maximum absolute atomic E-state index is 15.0. The maximum atomic E-state index is 15.0. The Morgan fingerprint density at radius 3 is 2.24 bits per heavy atom. The summed E-state index contributed by atoms with van der Waals surface area (Å²) in [6, 6.07) is 18.0. The predicted octanol–water partition coefficient (Wildman–Crippen LogP) is 6.90. The molecule has 0 saturated heterocycles. The van der Waals surface area contributed by atoms with Gasteiger partial charge in [-0.25, -0.2) is 0 Å². The van der Waals surface area contributed by atoms with Crippen molar-refractivity contribution in [1.82, 2.24) is 0 Å². The van der Waals surface area contributed by atoms with Crippen LogP contribution in [0.4, 0.5) is 0 Å². The summed E-state index contributed by atoms with van der Waals surface area (Å²) in [6.07, 6.45) is 1.99. The number of benzene rings is 2. The zero-order chi connectivity index (χ0) is 24.5. The molecule has 0 heterocycles. The van der Waals surface area contributed by atoms with E-state index in [2.05, 4.69) is 40.7 Å². The number of carbonyl (C=O) groups is 1. The Morgan fingerprint density at radius 2 is 1.59 bits per heavy atom. The van der Waals surface area contributed by atoms with E-state index in [1.807, 2.05) is 61.5 Å². The fourth-order valence-corrected chi connectivity index (χ4v) is 7.52. The Labute approximate surface area is 203 Å². The second kappa shape index (κ2) is 7.46. The average Bonchev–Trinajstić information content (AvgIpc) is 3.11. The molecule has 2 aromatic carbocycles. The number of rotatable bonds is 5. The van der Waals surface area contributed by atoms with E-state index >= 15 is 4.79 Å². The number of ketones is 1. The van der Waals surface area contributed by atoms with E-state index in [-0.39, 0.29) is 17.1 Å². The number of carbonyl (C=O) groups excluding carboxylic acids is 1. The number of hydrogen-bond donors (Lipinski definition) is 0. The maximum Gasteiger partial charge on any atom is 0.179 e. The molecule has 5 rings (SSSR count). The minimum atomic E-state index is -0.915. The van der Waals surface area contributed by atoms with Gasteiger partial charge in [-0.05, 0) is 44.4 Å². The van der Waals surface area contributed by atoms with Crippen LogP contribution in [0.25, 0.3) is 5.57 Å². The molecule has 0 aliphatic heterocycles. The van der Waals surface area contributed by atoms with Crippen LogP contribution in [0.3, 0.4) is 0 Å². The number of fused-ring (bicyclic) bond motifs is 5. The lowest BCUT2D eigenvalue weighted by Crippen LogP contribution is -2.53. The summed E-state index contributed by atoms with van der Waals surface area (Å²) < 4.78 is 12.3. The Bertz CT molecular complexity index is 1280. The van der Waals surface area contributed by atoms with Gasteiger partial charge in [0.15, 0.2) is 5.78 Å². The Kier molecular flexibility index (Phi) is 4.99. The van der Waals surface area contributed by atoms with Crippen LogP contribution >= 0.6 is 0 Å². The lowest BCUT2D eigenvalue weighted by molar-refractivity contribution is -0.121. The molecule has 0 spiro atoms. The summed E-state index contributed by atoms with van der Waals surface area (Å²) in [7, 11) is 1.69. The quantitative estimate of drug-likeness (QED) is 0.461. The summed E-state index contributed by atoms with van der Waals surface area (Å²) in [6.45, 7) is 13.9. The SMILES string of the molecule is CCOC1=C2[C@]3(C)C(C)=C(C)[C@@](C)(C3C)[C@@]2(c2ccccc2OC)C(=O)C(c2ccccc2)=C1. The smallest absolute Gasteiger partial charge is 0.179 e. The van der Waals surface area contributed by atoms with Crippen LogP contribution in [0.1, 0.15) is 52.7 Å². The van der Waals surface area contributed by atoms with Gasteiger partial charge in [-0.2, -0.15) is 0 Å². The second-order valence-corrected chi connectivity index (χ2v) is 10.3. The molecule has 1 unspecified atom stereocenters. The van der Waals surface area contributed by atoms with Gasteiger partial charge in [-0.3, -0.25) is 4.79 Å². The third-order valence-electron chi connectivity index (χ3n) is 9.53. The Balaban J connectivity index is 1.98. The topological polar surface area (TPSA) is 35.5 Å². The van der Waals surface area contributed by atoms with Gasteiger partial charge in [-0.15, -0.1) is 0 Å². The molecule has 0 amide bonds. The number of Topliss-reactive ketones (excluding diaryl/α,β-unsaturated/α-hetero) is 1. The first-order valence-electron chi connectivity index (χ1n) is 12.2. The van der Waals surface area contributed by atoms with Crippen LogP contribution in [-0.4, -0.2) is 19.5 Å². The fourth-order valence-electron chi connectivity index (χ4n) is 7.52. The van der Waals surface area contributed by atoms with Crippen LogP contribution in [-0.2, 0) is 14.9 Å².